The summed E-state index contributed by atoms with van der Waals surface area (Å²) < 4.78 is 1.69. The number of anilines is 2. The van der Waals surface area contributed by atoms with Crippen molar-refractivity contribution in [3.8, 4) is 0 Å². The lowest BCUT2D eigenvalue weighted by molar-refractivity contribution is 0.102. The Hall–Kier alpha value is -1.04. The number of amides is 1. The molecule has 0 aromatic heterocycles. The Bertz CT molecular complexity index is 647. The Morgan fingerprint density at radius 1 is 1.16 bits per heavy atom. The highest BCUT2D eigenvalue weighted by molar-refractivity contribution is 9.11. The zero-order valence-electron chi connectivity index (χ0n) is 9.58. The van der Waals surface area contributed by atoms with Crippen LogP contribution in [0.1, 0.15) is 10.4 Å². The highest BCUT2D eigenvalue weighted by Gasteiger charge is 2.12. The molecule has 3 N–H and O–H groups in total. The van der Waals surface area contributed by atoms with Crippen LogP contribution in [0.5, 0.6) is 0 Å². The molecule has 98 valence electrons. The minimum absolute atomic E-state index is 0.305. The molecule has 2 aromatic rings. The first kappa shape index (κ1) is 14.4. The van der Waals surface area contributed by atoms with Crippen LogP contribution < -0.4 is 11.1 Å². The van der Waals surface area contributed by atoms with Crippen LogP contribution >= 0.6 is 43.5 Å². The van der Waals surface area contributed by atoms with Gasteiger partial charge in [-0.2, -0.15) is 0 Å². The lowest BCUT2D eigenvalue weighted by atomic mass is 10.2. The molecule has 1 amide bonds. The SMILES string of the molecule is Nc1ccc(Cl)c(C(=O)Nc2ccc(Br)cc2Br)c1. The van der Waals surface area contributed by atoms with Crippen molar-refractivity contribution in [2.75, 3.05) is 11.1 Å². The molecule has 0 aliphatic rings. The number of halogens is 3. The molecule has 0 aliphatic heterocycles. The molecule has 0 heterocycles. The van der Waals surface area contributed by atoms with Gasteiger partial charge in [0.15, 0.2) is 0 Å². The first-order chi connectivity index (χ1) is 8.97. The summed E-state index contributed by atoms with van der Waals surface area (Å²) in [5.74, 6) is -0.305. The molecule has 2 rings (SSSR count). The number of nitrogens with two attached hydrogens (primary N) is 1. The number of carbonyl (C=O) groups is 1. The monoisotopic (exact) mass is 402 g/mol. The van der Waals surface area contributed by atoms with Crippen LogP contribution in [0.4, 0.5) is 11.4 Å². The fraction of sp³-hybridized carbons (Fsp3) is 0. The summed E-state index contributed by atoms with van der Waals surface area (Å²) >= 11 is 12.7. The first-order valence-corrected chi connectivity index (χ1v) is 7.25. The largest absolute Gasteiger partial charge is 0.399 e. The summed E-state index contributed by atoms with van der Waals surface area (Å²) in [5.41, 5.74) is 7.15. The maximum Gasteiger partial charge on any atom is 0.257 e. The maximum atomic E-state index is 12.1. The van der Waals surface area contributed by atoms with Gasteiger partial charge in [-0.25, -0.2) is 0 Å². The molecule has 0 atom stereocenters. The second-order valence-corrected chi connectivity index (χ2v) is 5.99. The van der Waals surface area contributed by atoms with E-state index in [-0.39, 0.29) is 5.91 Å². The molecule has 0 spiro atoms. The third-order valence-corrected chi connectivity index (χ3v) is 3.89. The van der Waals surface area contributed by atoms with Crippen molar-refractivity contribution in [1.29, 1.82) is 0 Å². The van der Waals surface area contributed by atoms with Gasteiger partial charge < -0.3 is 11.1 Å². The van der Waals surface area contributed by atoms with E-state index < -0.39 is 0 Å². The van der Waals surface area contributed by atoms with Crippen LogP contribution in [0, 0.1) is 0 Å². The highest BCUT2D eigenvalue weighted by atomic mass is 79.9. The molecular weight excluding hydrogens is 395 g/mol. The molecule has 0 saturated carbocycles. The number of hydrogen-bond acceptors (Lipinski definition) is 2. The second kappa shape index (κ2) is 5.94. The van der Waals surface area contributed by atoms with Gasteiger partial charge in [0.1, 0.15) is 0 Å². The summed E-state index contributed by atoms with van der Waals surface area (Å²) in [6.07, 6.45) is 0. The summed E-state index contributed by atoms with van der Waals surface area (Å²) in [6.45, 7) is 0. The highest BCUT2D eigenvalue weighted by Crippen LogP contribution is 2.27. The van der Waals surface area contributed by atoms with Gasteiger partial charge in [0, 0.05) is 14.6 Å². The normalized spacial score (nSPS) is 10.3. The fourth-order valence-corrected chi connectivity index (χ4v) is 2.85. The van der Waals surface area contributed by atoms with Crippen LogP contribution in [0.3, 0.4) is 0 Å². The quantitative estimate of drug-likeness (QED) is 0.713. The lowest BCUT2D eigenvalue weighted by Crippen LogP contribution is -2.13. The second-order valence-electron chi connectivity index (χ2n) is 3.82. The predicted octanol–water partition coefficient (Wildman–Crippen LogP) is 4.70. The molecule has 0 radical (unpaired) electrons. The zero-order chi connectivity index (χ0) is 14.0. The molecule has 0 saturated heterocycles. The first-order valence-electron chi connectivity index (χ1n) is 5.29. The Labute approximate surface area is 132 Å². The third-order valence-electron chi connectivity index (χ3n) is 2.41. The summed E-state index contributed by atoms with van der Waals surface area (Å²) in [7, 11) is 0. The number of rotatable bonds is 2. The van der Waals surface area contributed by atoms with E-state index in [4.69, 9.17) is 17.3 Å². The van der Waals surface area contributed by atoms with Crippen LogP contribution in [-0.4, -0.2) is 5.91 Å². The maximum absolute atomic E-state index is 12.1. The minimum atomic E-state index is -0.305. The van der Waals surface area contributed by atoms with Gasteiger partial charge in [-0.1, -0.05) is 27.5 Å². The number of hydrogen-bond donors (Lipinski definition) is 2. The van der Waals surface area contributed by atoms with Gasteiger partial charge in [0.2, 0.25) is 0 Å². The van der Waals surface area contributed by atoms with Crippen LogP contribution in [0.2, 0.25) is 5.02 Å². The number of carbonyl (C=O) groups excluding carboxylic acids is 1. The van der Waals surface area contributed by atoms with Gasteiger partial charge >= 0.3 is 0 Å². The Morgan fingerprint density at radius 3 is 2.58 bits per heavy atom. The fourth-order valence-electron chi connectivity index (χ4n) is 1.50. The van der Waals surface area contributed by atoms with Crippen molar-refractivity contribution in [3.63, 3.8) is 0 Å². The van der Waals surface area contributed by atoms with Gasteiger partial charge in [0.25, 0.3) is 5.91 Å². The van der Waals surface area contributed by atoms with Crippen molar-refractivity contribution in [2.45, 2.75) is 0 Å². The smallest absolute Gasteiger partial charge is 0.257 e. The van der Waals surface area contributed by atoms with Gasteiger partial charge in [-0.05, 0) is 52.3 Å². The average Bonchev–Trinajstić information content (AvgIpc) is 2.35. The molecule has 2 aromatic carbocycles. The van der Waals surface area contributed by atoms with E-state index in [1.165, 1.54) is 0 Å². The van der Waals surface area contributed by atoms with Crippen molar-refractivity contribution in [2.24, 2.45) is 0 Å². The van der Waals surface area contributed by atoms with Gasteiger partial charge in [-0.3, -0.25) is 4.79 Å². The minimum Gasteiger partial charge on any atom is -0.399 e. The summed E-state index contributed by atoms with van der Waals surface area (Å²) in [6, 6.07) is 10.3. The lowest BCUT2D eigenvalue weighted by Gasteiger charge is -2.09. The third kappa shape index (κ3) is 3.49. The average molecular weight is 404 g/mol. The topological polar surface area (TPSA) is 55.1 Å². The number of nitrogens with one attached hydrogen (secondary N) is 1. The Kier molecular flexibility index (Phi) is 4.50. The molecule has 19 heavy (non-hydrogen) atoms. The predicted molar refractivity (Wildman–Crippen MR) is 85.7 cm³/mol. The Morgan fingerprint density at radius 2 is 1.89 bits per heavy atom. The van der Waals surface area contributed by atoms with E-state index in [0.717, 1.165) is 8.95 Å². The summed E-state index contributed by atoms with van der Waals surface area (Å²) in [4.78, 5) is 12.1. The molecule has 6 heteroatoms. The summed E-state index contributed by atoms with van der Waals surface area (Å²) in [5, 5.41) is 3.14. The van der Waals surface area contributed by atoms with E-state index in [0.29, 0.717) is 22.0 Å². The molecule has 0 fully saturated rings. The van der Waals surface area contributed by atoms with Crippen LogP contribution in [0.15, 0.2) is 45.3 Å². The van der Waals surface area contributed by atoms with Crippen molar-refractivity contribution >= 4 is 60.7 Å². The molecular formula is C13H9Br2ClN2O. The van der Waals surface area contributed by atoms with Crippen LogP contribution in [0.25, 0.3) is 0 Å². The number of nitrogen functional groups attached to an aromatic ring is 1. The van der Waals surface area contributed by atoms with E-state index >= 15 is 0 Å². The van der Waals surface area contributed by atoms with Crippen molar-refractivity contribution in [1.82, 2.24) is 0 Å². The standard InChI is InChI=1S/C13H9Br2ClN2O/c14-7-1-4-12(10(15)5-7)18-13(19)9-6-8(17)2-3-11(9)16/h1-6H,17H2,(H,18,19). The van der Waals surface area contributed by atoms with Crippen molar-refractivity contribution in [3.05, 3.63) is 55.9 Å². The Balaban J connectivity index is 2.28. The number of benzene rings is 2. The zero-order valence-corrected chi connectivity index (χ0v) is 13.5. The van der Waals surface area contributed by atoms with E-state index in [1.54, 1.807) is 24.3 Å². The molecule has 0 aliphatic carbocycles. The van der Waals surface area contributed by atoms with Gasteiger partial charge in [0.05, 0.1) is 16.3 Å². The van der Waals surface area contributed by atoms with Crippen LogP contribution in [-0.2, 0) is 0 Å². The molecule has 0 unspecified atom stereocenters. The van der Waals surface area contributed by atoms with E-state index in [2.05, 4.69) is 37.2 Å². The van der Waals surface area contributed by atoms with Gasteiger partial charge in [-0.15, -0.1) is 0 Å². The molecule has 3 nitrogen and oxygen atoms in total. The van der Waals surface area contributed by atoms with E-state index in [1.807, 2.05) is 12.1 Å². The molecule has 0 bridgehead atoms. The van der Waals surface area contributed by atoms with E-state index in [9.17, 15) is 4.79 Å². The van der Waals surface area contributed by atoms with Crippen molar-refractivity contribution < 1.29 is 4.79 Å².